The molecule has 0 bridgehead atoms. The minimum atomic E-state index is 0.502. The molecular weight excluding hydrogens is 346 g/mol. The summed E-state index contributed by atoms with van der Waals surface area (Å²) in [5.74, 6) is 2.79. The SMILES string of the molecule is CCSc1ccc(-c2nc(N)c(Br)c(CC(C)C)n2)cc1. The van der Waals surface area contributed by atoms with Crippen molar-refractivity contribution in [3.8, 4) is 11.4 Å². The first-order valence-electron chi connectivity index (χ1n) is 7.06. The number of hydrogen-bond donors (Lipinski definition) is 1. The molecule has 0 amide bonds. The van der Waals surface area contributed by atoms with E-state index in [2.05, 4.69) is 70.9 Å². The van der Waals surface area contributed by atoms with Crippen LogP contribution in [0, 0.1) is 5.92 Å². The topological polar surface area (TPSA) is 51.8 Å². The molecule has 0 radical (unpaired) electrons. The van der Waals surface area contributed by atoms with Crippen LogP contribution in [-0.4, -0.2) is 15.7 Å². The van der Waals surface area contributed by atoms with E-state index in [4.69, 9.17) is 5.73 Å². The number of thioether (sulfide) groups is 1. The zero-order valence-corrected chi connectivity index (χ0v) is 15.0. The molecule has 0 fully saturated rings. The zero-order valence-electron chi connectivity index (χ0n) is 12.6. The molecule has 1 aromatic carbocycles. The highest BCUT2D eigenvalue weighted by molar-refractivity contribution is 9.10. The molecule has 5 heteroatoms. The molecule has 21 heavy (non-hydrogen) atoms. The van der Waals surface area contributed by atoms with E-state index in [0.717, 1.165) is 27.9 Å². The summed E-state index contributed by atoms with van der Waals surface area (Å²) in [5, 5.41) is 0. The van der Waals surface area contributed by atoms with Gasteiger partial charge in [-0.25, -0.2) is 9.97 Å². The van der Waals surface area contributed by atoms with Gasteiger partial charge in [0.15, 0.2) is 5.82 Å². The summed E-state index contributed by atoms with van der Waals surface area (Å²) in [6.45, 7) is 6.48. The maximum absolute atomic E-state index is 6.01. The molecule has 0 spiro atoms. The molecule has 0 aliphatic heterocycles. The number of hydrogen-bond acceptors (Lipinski definition) is 4. The van der Waals surface area contributed by atoms with Crippen LogP contribution in [0.2, 0.25) is 0 Å². The van der Waals surface area contributed by atoms with Crippen molar-refractivity contribution in [3.63, 3.8) is 0 Å². The lowest BCUT2D eigenvalue weighted by atomic mass is 10.1. The third-order valence-corrected chi connectivity index (χ3v) is 4.73. The van der Waals surface area contributed by atoms with Gasteiger partial charge in [0.25, 0.3) is 0 Å². The molecule has 0 saturated carbocycles. The number of nitrogens with two attached hydrogens (primary N) is 1. The van der Waals surface area contributed by atoms with Crippen molar-refractivity contribution < 1.29 is 0 Å². The van der Waals surface area contributed by atoms with Gasteiger partial charge >= 0.3 is 0 Å². The van der Waals surface area contributed by atoms with Gasteiger partial charge in [-0.1, -0.05) is 32.9 Å². The van der Waals surface area contributed by atoms with E-state index < -0.39 is 0 Å². The van der Waals surface area contributed by atoms with Crippen molar-refractivity contribution in [3.05, 3.63) is 34.4 Å². The lowest BCUT2D eigenvalue weighted by Gasteiger charge is -2.11. The summed E-state index contributed by atoms with van der Waals surface area (Å²) in [6.07, 6.45) is 0.879. The Bertz CT molecular complexity index is 612. The average molecular weight is 366 g/mol. The molecule has 2 N–H and O–H groups in total. The van der Waals surface area contributed by atoms with Crippen molar-refractivity contribution in [2.75, 3.05) is 11.5 Å². The summed E-state index contributed by atoms with van der Waals surface area (Å²) >= 11 is 5.32. The third-order valence-electron chi connectivity index (χ3n) is 2.97. The van der Waals surface area contributed by atoms with Gasteiger partial charge in [-0.3, -0.25) is 0 Å². The van der Waals surface area contributed by atoms with Gasteiger partial charge in [-0.2, -0.15) is 0 Å². The van der Waals surface area contributed by atoms with Crippen LogP contribution in [0.3, 0.4) is 0 Å². The second-order valence-electron chi connectivity index (χ2n) is 5.25. The molecule has 1 aromatic heterocycles. The largest absolute Gasteiger partial charge is 0.383 e. The van der Waals surface area contributed by atoms with Crippen LogP contribution in [-0.2, 0) is 6.42 Å². The molecule has 0 unspecified atom stereocenters. The molecule has 112 valence electrons. The predicted octanol–water partition coefficient (Wildman–Crippen LogP) is 4.80. The first kappa shape index (κ1) is 16.3. The van der Waals surface area contributed by atoms with Gasteiger partial charge in [-0.15, -0.1) is 11.8 Å². The van der Waals surface area contributed by atoms with Gasteiger partial charge in [0.2, 0.25) is 0 Å². The smallest absolute Gasteiger partial charge is 0.161 e. The van der Waals surface area contributed by atoms with Gasteiger partial charge < -0.3 is 5.73 Å². The maximum Gasteiger partial charge on any atom is 0.161 e. The van der Waals surface area contributed by atoms with Crippen LogP contribution in [0.4, 0.5) is 5.82 Å². The van der Waals surface area contributed by atoms with Crippen LogP contribution in [0.5, 0.6) is 0 Å². The molecule has 3 nitrogen and oxygen atoms in total. The fraction of sp³-hybridized carbons (Fsp3) is 0.375. The number of nitrogens with zero attached hydrogens (tertiary/aromatic N) is 2. The standard InChI is InChI=1S/C16H20BrN3S/c1-4-21-12-7-5-11(6-8-12)16-19-13(9-10(2)3)14(17)15(18)20-16/h5-8,10H,4,9H2,1-3H3,(H2,18,19,20). The van der Waals surface area contributed by atoms with Gasteiger partial charge in [0.05, 0.1) is 10.2 Å². The van der Waals surface area contributed by atoms with Crippen molar-refractivity contribution in [2.45, 2.75) is 32.1 Å². The number of nitrogen functional groups attached to an aromatic ring is 1. The summed E-state index contributed by atoms with van der Waals surface area (Å²) in [6, 6.07) is 8.32. The Balaban J connectivity index is 2.36. The zero-order chi connectivity index (χ0) is 15.4. The number of aromatic nitrogens is 2. The van der Waals surface area contributed by atoms with Gasteiger partial charge in [-0.05, 0) is 46.2 Å². The fourth-order valence-electron chi connectivity index (χ4n) is 2.03. The monoisotopic (exact) mass is 365 g/mol. The summed E-state index contributed by atoms with van der Waals surface area (Å²) < 4.78 is 0.818. The van der Waals surface area contributed by atoms with Crippen LogP contribution >= 0.6 is 27.7 Å². The van der Waals surface area contributed by atoms with E-state index in [1.807, 2.05) is 11.8 Å². The van der Waals surface area contributed by atoms with E-state index in [0.29, 0.717) is 17.6 Å². The number of rotatable bonds is 5. The lowest BCUT2D eigenvalue weighted by molar-refractivity contribution is 0.633. The Morgan fingerprint density at radius 3 is 2.43 bits per heavy atom. The van der Waals surface area contributed by atoms with Crippen LogP contribution in [0.1, 0.15) is 26.5 Å². The van der Waals surface area contributed by atoms with E-state index in [1.54, 1.807) is 0 Å². The first-order chi connectivity index (χ1) is 10.0. The maximum atomic E-state index is 6.01. The van der Waals surface area contributed by atoms with Crippen molar-refractivity contribution in [1.82, 2.24) is 9.97 Å². The third kappa shape index (κ3) is 4.20. The quantitative estimate of drug-likeness (QED) is 0.773. The summed E-state index contributed by atoms with van der Waals surface area (Å²) in [7, 11) is 0. The van der Waals surface area contributed by atoms with Crippen molar-refractivity contribution in [2.24, 2.45) is 5.92 Å². The second kappa shape index (κ2) is 7.27. The van der Waals surface area contributed by atoms with Crippen molar-refractivity contribution >= 4 is 33.5 Å². The Kier molecular flexibility index (Phi) is 5.65. The Labute approximate surface area is 138 Å². The first-order valence-corrected chi connectivity index (χ1v) is 8.84. The van der Waals surface area contributed by atoms with Gasteiger partial charge in [0.1, 0.15) is 5.82 Å². The molecule has 0 aliphatic carbocycles. The Morgan fingerprint density at radius 2 is 1.86 bits per heavy atom. The highest BCUT2D eigenvalue weighted by atomic mass is 79.9. The Hall–Kier alpha value is -1.07. The van der Waals surface area contributed by atoms with E-state index in [1.165, 1.54) is 4.90 Å². The summed E-state index contributed by atoms with van der Waals surface area (Å²) in [5.41, 5.74) is 7.98. The molecule has 0 atom stereocenters. The summed E-state index contributed by atoms with van der Waals surface area (Å²) in [4.78, 5) is 10.3. The van der Waals surface area contributed by atoms with Crippen LogP contribution in [0.15, 0.2) is 33.6 Å². The predicted molar refractivity (Wildman–Crippen MR) is 94.5 cm³/mol. The average Bonchev–Trinajstić information content (AvgIpc) is 2.44. The normalized spacial score (nSPS) is 11.1. The number of benzene rings is 1. The number of anilines is 1. The van der Waals surface area contributed by atoms with Gasteiger partial charge in [0, 0.05) is 10.5 Å². The Morgan fingerprint density at radius 1 is 1.19 bits per heavy atom. The molecule has 0 saturated heterocycles. The minimum absolute atomic E-state index is 0.502. The highest BCUT2D eigenvalue weighted by Gasteiger charge is 2.12. The lowest BCUT2D eigenvalue weighted by Crippen LogP contribution is -2.05. The van der Waals surface area contributed by atoms with E-state index in [9.17, 15) is 0 Å². The highest BCUT2D eigenvalue weighted by Crippen LogP contribution is 2.28. The van der Waals surface area contributed by atoms with E-state index >= 15 is 0 Å². The second-order valence-corrected chi connectivity index (χ2v) is 7.38. The van der Waals surface area contributed by atoms with Crippen molar-refractivity contribution in [1.29, 1.82) is 0 Å². The van der Waals surface area contributed by atoms with Crippen LogP contribution < -0.4 is 5.73 Å². The van der Waals surface area contributed by atoms with Crippen LogP contribution in [0.25, 0.3) is 11.4 Å². The molecular formula is C16H20BrN3S. The molecule has 2 rings (SSSR count). The molecule has 0 aliphatic rings. The minimum Gasteiger partial charge on any atom is -0.383 e. The van der Waals surface area contributed by atoms with E-state index in [-0.39, 0.29) is 0 Å². The molecule has 1 heterocycles. The fourth-order valence-corrected chi connectivity index (χ4v) is 3.03. The molecule has 2 aromatic rings. The number of halogens is 1.